The summed E-state index contributed by atoms with van der Waals surface area (Å²) >= 11 is 0. The lowest BCUT2D eigenvalue weighted by Crippen LogP contribution is -2.34. The average Bonchev–Trinajstić information content (AvgIpc) is 2.79. The van der Waals surface area contributed by atoms with E-state index in [2.05, 4.69) is 31.2 Å². The molecule has 0 aromatic heterocycles. The molecule has 0 N–H and O–H groups in total. The molecule has 3 aliphatic carbocycles. The number of allylic oxidation sites excluding steroid dienone is 1. The standard InChI is InChI=1S/C29H43FO/c1-3-5-7-8-21-9-15-27-24(18-21)13-16-28(29(27)30)25-11-10-23-20-26(31-17-6-4-2)14-12-22(23)19-25/h4,6,13,16,21-23,25-26H,3,5,7-12,14-15,17-20H2,1-2H3/b6-4+. The Morgan fingerprint density at radius 1 is 1.03 bits per heavy atom. The predicted molar refractivity (Wildman–Crippen MR) is 128 cm³/mol. The van der Waals surface area contributed by atoms with Crippen LogP contribution in [0.2, 0.25) is 0 Å². The monoisotopic (exact) mass is 426 g/mol. The maximum atomic E-state index is 15.6. The lowest BCUT2D eigenvalue weighted by atomic mass is 9.65. The van der Waals surface area contributed by atoms with Crippen LogP contribution in [0.25, 0.3) is 0 Å². The molecule has 2 heteroatoms. The third-order valence-electron chi connectivity index (χ3n) is 8.57. The number of rotatable bonds is 8. The molecule has 0 spiro atoms. The van der Waals surface area contributed by atoms with E-state index in [1.165, 1.54) is 69.8 Å². The Labute approximate surface area is 189 Å². The van der Waals surface area contributed by atoms with E-state index < -0.39 is 0 Å². The molecule has 5 unspecified atom stereocenters. The third-order valence-corrected chi connectivity index (χ3v) is 8.57. The number of hydrogen-bond donors (Lipinski definition) is 0. The summed E-state index contributed by atoms with van der Waals surface area (Å²) in [5.74, 6) is 2.90. The van der Waals surface area contributed by atoms with Gasteiger partial charge in [0.1, 0.15) is 5.82 Å². The van der Waals surface area contributed by atoms with Crippen molar-refractivity contribution >= 4 is 0 Å². The lowest BCUT2D eigenvalue weighted by molar-refractivity contribution is -0.00335. The van der Waals surface area contributed by atoms with Crippen LogP contribution in [0.4, 0.5) is 4.39 Å². The molecule has 0 saturated heterocycles. The highest BCUT2D eigenvalue weighted by Gasteiger charge is 2.37. The van der Waals surface area contributed by atoms with Crippen LogP contribution >= 0.6 is 0 Å². The molecule has 0 aliphatic heterocycles. The van der Waals surface area contributed by atoms with Gasteiger partial charge in [-0.1, -0.05) is 56.9 Å². The average molecular weight is 427 g/mol. The number of halogens is 1. The van der Waals surface area contributed by atoms with Crippen LogP contribution in [-0.2, 0) is 17.6 Å². The third kappa shape index (κ3) is 5.62. The Bertz CT molecular complexity index is 738. The molecule has 4 rings (SSSR count). The van der Waals surface area contributed by atoms with Crippen molar-refractivity contribution in [2.24, 2.45) is 17.8 Å². The molecule has 3 aliphatic rings. The molecule has 31 heavy (non-hydrogen) atoms. The van der Waals surface area contributed by atoms with Gasteiger partial charge in [0, 0.05) is 0 Å². The number of benzene rings is 1. The highest BCUT2D eigenvalue weighted by Crippen LogP contribution is 2.47. The van der Waals surface area contributed by atoms with Crippen molar-refractivity contribution in [3.8, 4) is 0 Å². The number of hydrogen-bond acceptors (Lipinski definition) is 1. The van der Waals surface area contributed by atoms with Crippen molar-refractivity contribution < 1.29 is 9.13 Å². The zero-order valence-corrected chi connectivity index (χ0v) is 19.9. The minimum absolute atomic E-state index is 0.163. The van der Waals surface area contributed by atoms with Crippen LogP contribution in [0.1, 0.15) is 107 Å². The number of fused-ring (bicyclic) bond motifs is 2. The van der Waals surface area contributed by atoms with Gasteiger partial charge >= 0.3 is 0 Å². The first kappa shape index (κ1) is 23.0. The summed E-state index contributed by atoms with van der Waals surface area (Å²) in [6, 6.07) is 4.46. The summed E-state index contributed by atoms with van der Waals surface area (Å²) in [5, 5.41) is 0. The molecule has 0 heterocycles. The van der Waals surface area contributed by atoms with Crippen molar-refractivity contribution in [2.75, 3.05) is 6.61 Å². The van der Waals surface area contributed by atoms with Crippen molar-refractivity contribution in [3.63, 3.8) is 0 Å². The maximum Gasteiger partial charge on any atom is 0.130 e. The molecular formula is C29H43FO. The van der Waals surface area contributed by atoms with Crippen molar-refractivity contribution in [3.05, 3.63) is 46.8 Å². The minimum atomic E-state index is 0.163. The lowest BCUT2D eigenvalue weighted by Gasteiger charge is -2.42. The van der Waals surface area contributed by atoms with Gasteiger partial charge in [-0.25, -0.2) is 4.39 Å². The van der Waals surface area contributed by atoms with Gasteiger partial charge in [0.15, 0.2) is 0 Å². The Morgan fingerprint density at radius 2 is 1.87 bits per heavy atom. The van der Waals surface area contributed by atoms with Gasteiger partial charge < -0.3 is 4.74 Å². The van der Waals surface area contributed by atoms with Crippen molar-refractivity contribution in [1.82, 2.24) is 0 Å². The van der Waals surface area contributed by atoms with E-state index in [0.29, 0.717) is 12.0 Å². The Kier molecular flexibility index (Phi) is 8.26. The van der Waals surface area contributed by atoms with Crippen LogP contribution in [0.5, 0.6) is 0 Å². The Morgan fingerprint density at radius 3 is 2.71 bits per heavy atom. The second-order valence-corrected chi connectivity index (χ2v) is 10.6. The van der Waals surface area contributed by atoms with Gasteiger partial charge in [0.05, 0.1) is 12.7 Å². The smallest absolute Gasteiger partial charge is 0.130 e. The highest BCUT2D eigenvalue weighted by atomic mass is 19.1. The molecule has 172 valence electrons. The summed E-state index contributed by atoms with van der Waals surface area (Å²) in [6.07, 6.45) is 20.3. The molecule has 0 radical (unpaired) electrons. The van der Waals surface area contributed by atoms with Crippen molar-refractivity contribution in [1.29, 1.82) is 0 Å². The summed E-state index contributed by atoms with van der Waals surface area (Å²) in [7, 11) is 0. The Hall–Kier alpha value is -1.15. The van der Waals surface area contributed by atoms with Crippen LogP contribution < -0.4 is 0 Å². The van der Waals surface area contributed by atoms with E-state index in [-0.39, 0.29) is 5.82 Å². The zero-order valence-electron chi connectivity index (χ0n) is 19.9. The topological polar surface area (TPSA) is 9.23 Å². The predicted octanol–water partition coefficient (Wildman–Crippen LogP) is 8.16. The van der Waals surface area contributed by atoms with E-state index >= 15 is 4.39 Å². The fraction of sp³-hybridized carbons (Fsp3) is 0.724. The van der Waals surface area contributed by atoms with E-state index in [1.54, 1.807) is 0 Å². The van der Waals surface area contributed by atoms with E-state index in [1.807, 2.05) is 6.92 Å². The number of unbranched alkanes of at least 4 members (excludes halogenated alkanes) is 2. The first-order chi connectivity index (χ1) is 15.2. The first-order valence-corrected chi connectivity index (χ1v) is 13.2. The van der Waals surface area contributed by atoms with Crippen molar-refractivity contribution in [2.45, 2.75) is 109 Å². The second kappa shape index (κ2) is 11.1. The fourth-order valence-electron chi connectivity index (χ4n) is 6.71. The van der Waals surface area contributed by atoms with Crippen LogP contribution in [0, 0.1) is 23.6 Å². The molecule has 5 atom stereocenters. The largest absolute Gasteiger partial charge is 0.374 e. The van der Waals surface area contributed by atoms with E-state index in [9.17, 15) is 0 Å². The Balaban J connectivity index is 1.35. The first-order valence-electron chi connectivity index (χ1n) is 13.2. The van der Waals surface area contributed by atoms with Crippen LogP contribution in [0.3, 0.4) is 0 Å². The summed E-state index contributed by atoms with van der Waals surface area (Å²) < 4.78 is 21.7. The molecule has 1 nitrogen and oxygen atoms in total. The number of ether oxygens (including phenoxy) is 1. The molecule has 0 amide bonds. The zero-order chi connectivity index (χ0) is 21.6. The second-order valence-electron chi connectivity index (χ2n) is 10.6. The molecule has 0 bridgehead atoms. The van der Waals surface area contributed by atoms with E-state index in [0.717, 1.165) is 54.7 Å². The van der Waals surface area contributed by atoms with Gasteiger partial charge in [-0.05, 0) is 105 Å². The highest BCUT2D eigenvalue weighted by molar-refractivity contribution is 5.38. The quantitative estimate of drug-likeness (QED) is 0.301. The molecular weight excluding hydrogens is 383 g/mol. The minimum Gasteiger partial charge on any atom is -0.374 e. The molecule has 2 fully saturated rings. The van der Waals surface area contributed by atoms with Gasteiger partial charge in [-0.2, -0.15) is 0 Å². The molecule has 1 aromatic rings. The van der Waals surface area contributed by atoms with Crippen LogP contribution in [-0.4, -0.2) is 12.7 Å². The molecule has 2 saturated carbocycles. The SMILES string of the molecule is C/C=C/COC1CCC2CC(c3ccc4c(c3F)CCC(CCCCC)C4)CCC2C1. The van der Waals surface area contributed by atoms with Gasteiger partial charge in [-0.3, -0.25) is 0 Å². The summed E-state index contributed by atoms with van der Waals surface area (Å²) in [4.78, 5) is 0. The maximum absolute atomic E-state index is 15.6. The van der Waals surface area contributed by atoms with Gasteiger partial charge in [0.2, 0.25) is 0 Å². The summed E-state index contributed by atoms with van der Waals surface area (Å²) in [6.45, 7) is 5.07. The van der Waals surface area contributed by atoms with Gasteiger partial charge in [0.25, 0.3) is 0 Å². The summed E-state index contributed by atoms with van der Waals surface area (Å²) in [5.41, 5.74) is 3.40. The molecule has 1 aromatic carbocycles. The van der Waals surface area contributed by atoms with Crippen LogP contribution in [0.15, 0.2) is 24.3 Å². The van der Waals surface area contributed by atoms with Gasteiger partial charge in [-0.15, -0.1) is 0 Å². The fourth-order valence-corrected chi connectivity index (χ4v) is 6.71. The normalized spacial score (nSPS) is 30.9. The van der Waals surface area contributed by atoms with E-state index in [4.69, 9.17) is 4.74 Å².